The Morgan fingerprint density at radius 1 is 1.14 bits per heavy atom. The maximum atomic E-state index is 12.3. The largest absolute Gasteiger partial charge is 0.370 e. The van der Waals surface area contributed by atoms with E-state index in [2.05, 4.69) is 31.4 Å². The third-order valence-corrected chi connectivity index (χ3v) is 3.43. The summed E-state index contributed by atoms with van der Waals surface area (Å²) in [5.74, 6) is 0.844. The molecular weight excluding hydrogens is 459 g/mol. The van der Waals surface area contributed by atoms with E-state index in [1.165, 1.54) is 12.8 Å². The van der Waals surface area contributed by atoms with Crippen molar-refractivity contribution in [1.82, 2.24) is 10.6 Å². The fourth-order valence-corrected chi connectivity index (χ4v) is 2.27. The van der Waals surface area contributed by atoms with Crippen LogP contribution in [0.1, 0.15) is 65.7 Å². The van der Waals surface area contributed by atoms with Crippen LogP contribution in [0.5, 0.6) is 0 Å². The average Bonchev–Trinajstić information content (AvgIpc) is 2.40. The van der Waals surface area contributed by atoms with Gasteiger partial charge in [-0.25, -0.2) is 0 Å². The van der Waals surface area contributed by atoms with Gasteiger partial charge in [-0.1, -0.05) is 33.6 Å². The van der Waals surface area contributed by atoms with Crippen molar-refractivity contribution in [3.05, 3.63) is 0 Å². The molecule has 0 rings (SSSR count). The SMILES string of the molecule is CCCCCNC(CC(C)C)C(=O)CCCCNC(=N)N.[Pt]. The summed E-state index contributed by atoms with van der Waals surface area (Å²) in [5, 5.41) is 13.2. The predicted molar refractivity (Wildman–Crippen MR) is 89.5 cm³/mol. The van der Waals surface area contributed by atoms with Crippen LogP contribution in [-0.2, 0) is 25.9 Å². The van der Waals surface area contributed by atoms with E-state index < -0.39 is 0 Å². The zero-order valence-corrected chi connectivity index (χ0v) is 16.6. The van der Waals surface area contributed by atoms with Crippen LogP contribution in [0.3, 0.4) is 0 Å². The Morgan fingerprint density at radius 3 is 2.32 bits per heavy atom. The van der Waals surface area contributed by atoms with Crippen LogP contribution in [0.4, 0.5) is 0 Å². The van der Waals surface area contributed by atoms with Crippen molar-refractivity contribution >= 4 is 11.7 Å². The van der Waals surface area contributed by atoms with Gasteiger partial charge in [0.05, 0.1) is 6.04 Å². The second kappa shape index (κ2) is 15.5. The monoisotopic (exact) mass is 493 g/mol. The smallest absolute Gasteiger partial charge is 0.185 e. The van der Waals surface area contributed by atoms with Gasteiger partial charge < -0.3 is 16.4 Å². The second-order valence-corrected chi connectivity index (χ2v) is 6.11. The van der Waals surface area contributed by atoms with Crippen molar-refractivity contribution in [3.8, 4) is 0 Å². The Kier molecular flexibility index (Phi) is 16.8. The van der Waals surface area contributed by atoms with Gasteiger partial charge >= 0.3 is 0 Å². The van der Waals surface area contributed by atoms with Crippen LogP contribution in [0.2, 0.25) is 0 Å². The van der Waals surface area contributed by atoms with E-state index in [0.717, 1.165) is 32.2 Å². The molecule has 0 aliphatic heterocycles. The van der Waals surface area contributed by atoms with Crippen LogP contribution >= 0.6 is 0 Å². The van der Waals surface area contributed by atoms with Gasteiger partial charge in [0.25, 0.3) is 0 Å². The molecule has 0 saturated heterocycles. The third-order valence-electron chi connectivity index (χ3n) is 3.43. The summed E-state index contributed by atoms with van der Waals surface area (Å²) in [5.41, 5.74) is 5.21. The number of nitrogens with two attached hydrogens (primary N) is 1. The molecule has 0 aromatic rings. The molecule has 0 aliphatic rings. The number of rotatable bonds is 13. The van der Waals surface area contributed by atoms with Gasteiger partial charge in [-0.2, -0.15) is 0 Å². The molecule has 0 radical (unpaired) electrons. The molecule has 0 heterocycles. The summed E-state index contributed by atoms with van der Waals surface area (Å²) in [6.07, 6.45) is 6.80. The van der Waals surface area contributed by atoms with E-state index in [9.17, 15) is 4.79 Å². The summed E-state index contributed by atoms with van der Waals surface area (Å²) < 4.78 is 0. The molecule has 1 unspecified atom stereocenters. The van der Waals surface area contributed by atoms with Gasteiger partial charge in [-0.15, -0.1) is 0 Å². The molecule has 5 nitrogen and oxygen atoms in total. The quantitative estimate of drug-likeness (QED) is 0.180. The normalized spacial score (nSPS) is 11.8. The Labute approximate surface area is 150 Å². The molecule has 0 aromatic heterocycles. The third kappa shape index (κ3) is 14.5. The Hall–Kier alpha value is -0.412. The molecule has 0 bridgehead atoms. The maximum absolute atomic E-state index is 12.3. The minimum absolute atomic E-state index is 0. The van der Waals surface area contributed by atoms with Crippen molar-refractivity contribution in [2.75, 3.05) is 13.1 Å². The van der Waals surface area contributed by atoms with Crippen LogP contribution in [0.25, 0.3) is 0 Å². The molecule has 0 aliphatic carbocycles. The van der Waals surface area contributed by atoms with E-state index in [-0.39, 0.29) is 33.1 Å². The average molecular weight is 494 g/mol. The van der Waals surface area contributed by atoms with E-state index >= 15 is 0 Å². The fourth-order valence-electron chi connectivity index (χ4n) is 2.27. The van der Waals surface area contributed by atoms with Crippen LogP contribution in [0, 0.1) is 11.3 Å². The maximum Gasteiger partial charge on any atom is 0.185 e. The van der Waals surface area contributed by atoms with E-state index in [4.69, 9.17) is 11.1 Å². The first-order valence-corrected chi connectivity index (χ1v) is 8.31. The number of hydrogen-bond donors (Lipinski definition) is 4. The van der Waals surface area contributed by atoms with Crippen molar-refractivity contribution < 1.29 is 25.9 Å². The van der Waals surface area contributed by atoms with Crippen LogP contribution < -0.4 is 16.4 Å². The molecule has 22 heavy (non-hydrogen) atoms. The number of carbonyl (C=O) groups excluding carboxylic acids is 1. The Morgan fingerprint density at radius 2 is 1.77 bits per heavy atom. The van der Waals surface area contributed by atoms with Crippen molar-refractivity contribution in [3.63, 3.8) is 0 Å². The summed E-state index contributed by atoms with van der Waals surface area (Å²) in [6.45, 7) is 8.10. The molecule has 0 spiro atoms. The molecule has 134 valence electrons. The number of carbonyl (C=O) groups is 1. The van der Waals surface area contributed by atoms with Crippen molar-refractivity contribution in [2.45, 2.75) is 71.8 Å². The van der Waals surface area contributed by atoms with Crippen molar-refractivity contribution in [1.29, 1.82) is 5.41 Å². The van der Waals surface area contributed by atoms with Crippen molar-refractivity contribution in [2.24, 2.45) is 11.7 Å². The summed E-state index contributed by atoms with van der Waals surface area (Å²) >= 11 is 0. The van der Waals surface area contributed by atoms with E-state index in [0.29, 0.717) is 24.7 Å². The summed E-state index contributed by atoms with van der Waals surface area (Å²) in [6, 6.07) is 0.00243. The van der Waals surface area contributed by atoms with Crippen LogP contribution in [0.15, 0.2) is 0 Å². The number of ketones is 1. The summed E-state index contributed by atoms with van der Waals surface area (Å²) in [4.78, 5) is 12.3. The number of hydrogen-bond acceptors (Lipinski definition) is 3. The van der Waals surface area contributed by atoms with E-state index in [1.54, 1.807) is 0 Å². The number of unbranched alkanes of at least 4 members (excludes halogenated alkanes) is 3. The standard InChI is InChI=1S/C16H34N4O.Pt/c1-4-5-7-10-19-14(12-13(2)3)15(21)9-6-8-11-20-16(17)18;/h13-14,19H,4-12H2,1-3H3,(H4,17,18,20);. The number of guanidine groups is 1. The second-order valence-electron chi connectivity index (χ2n) is 6.11. The fraction of sp³-hybridized carbons (Fsp3) is 0.875. The Balaban J connectivity index is 0. The van der Waals surface area contributed by atoms with Gasteiger partial charge in [-0.3, -0.25) is 10.2 Å². The zero-order chi connectivity index (χ0) is 16.1. The first kappa shape index (κ1) is 23.8. The zero-order valence-electron chi connectivity index (χ0n) is 14.3. The number of Topliss-reactive ketones (excluding diaryl/α,β-unsaturated/α-hetero) is 1. The minimum Gasteiger partial charge on any atom is -0.370 e. The molecule has 0 aromatic carbocycles. The molecule has 0 saturated carbocycles. The molecule has 0 amide bonds. The number of nitrogens with one attached hydrogen (secondary N) is 3. The van der Waals surface area contributed by atoms with E-state index in [1.807, 2.05) is 0 Å². The van der Waals surface area contributed by atoms with Gasteiger partial charge in [0.2, 0.25) is 0 Å². The molecule has 0 fully saturated rings. The van der Waals surface area contributed by atoms with Gasteiger partial charge in [0.1, 0.15) is 5.78 Å². The topological polar surface area (TPSA) is 91.0 Å². The molecule has 6 heteroatoms. The Bertz CT molecular complexity index is 298. The van der Waals surface area contributed by atoms with Gasteiger partial charge in [-0.05, 0) is 38.1 Å². The molecule has 5 N–H and O–H groups in total. The minimum atomic E-state index is -0.00315. The first-order chi connectivity index (χ1) is 9.97. The summed E-state index contributed by atoms with van der Waals surface area (Å²) in [7, 11) is 0. The van der Waals surface area contributed by atoms with Crippen LogP contribution in [-0.4, -0.2) is 30.9 Å². The van der Waals surface area contributed by atoms with Gasteiger partial charge in [0.15, 0.2) is 5.96 Å². The predicted octanol–water partition coefficient (Wildman–Crippen LogP) is 2.40. The molecular formula is C16H34N4OPt. The first-order valence-electron chi connectivity index (χ1n) is 8.31. The van der Waals surface area contributed by atoms with Gasteiger partial charge in [0, 0.05) is 34.0 Å². The molecule has 1 atom stereocenters.